The van der Waals surface area contributed by atoms with E-state index in [0.29, 0.717) is 17.9 Å². The highest BCUT2D eigenvalue weighted by Crippen LogP contribution is 2.23. The molecular weight excluding hydrogens is 216 g/mol. The van der Waals surface area contributed by atoms with Crippen LogP contribution in [0.15, 0.2) is 12.3 Å². The van der Waals surface area contributed by atoms with E-state index in [1.54, 1.807) is 7.11 Å². The summed E-state index contributed by atoms with van der Waals surface area (Å²) in [6.45, 7) is 5.24. The van der Waals surface area contributed by atoms with Gasteiger partial charge in [-0.15, -0.1) is 0 Å². The van der Waals surface area contributed by atoms with E-state index in [2.05, 4.69) is 16.9 Å². The molecule has 0 bridgehead atoms. The molecule has 0 aliphatic carbocycles. The van der Waals surface area contributed by atoms with Crippen LogP contribution in [0.4, 0.5) is 5.82 Å². The van der Waals surface area contributed by atoms with Crippen LogP contribution in [0.3, 0.4) is 0 Å². The van der Waals surface area contributed by atoms with Gasteiger partial charge in [-0.2, -0.15) is 5.10 Å². The lowest BCUT2D eigenvalue weighted by atomic mass is 10.0. The molecule has 1 fully saturated rings. The van der Waals surface area contributed by atoms with E-state index in [1.165, 1.54) is 0 Å². The quantitative estimate of drug-likeness (QED) is 0.854. The van der Waals surface area contributed by atoms with Crippen LogP contribution in [0.1, 0.15) is 25.8 Å². The van der Waals surface area contributed by atoms with Crippen molar-refractivity contribution in [2.75, 3.05) is 32.5 Å². The molecule has 96 valence electrons. The number of hydrogen-bond donors (Lipinski definition) is 1. The third-order valence-corrected chi connectivity index (χ3v) is 3.53. The zero-order valence-corrected chi connectivity index (χ0v) is 10.7. The van der Waals surface area contributed by atoms with Crippen molar-refractivity contribution in [3.63, 3.8) is 0 Å². The molecule has 0 spiro atoms. The molecule has 1 unspecified atom stereocenters. The standard InChI is InChI=1S/C12H22N4O/c1-10(9-17-2)15-6-3-11(4-7-15)16-8-5-12(13)14-16/h5,8,10-11H,3-4,6-7,9H2,1-2H3,(H2,13,14). The predicted molar refractivity (Wildman–Crippen MR) is 67.8 cm³/mol. The molecule has 1 saturated heterocycles. The first kappa shape index (κ1) is 12.4. The number of nitrogens with two attached hydrogens (primary N) is 1. The molecule has 2 N–H and O–H groups in total. The van der Waals surface area contributed by atoms with Crippen molar-refractivity contribution in [1.29, 1.82) is 0 Å². The number of ether oxygens (including phenoxy) is 1. The van der Waals surface area contributed by atoms with Gasteiger partial charge in [-0.25, -0.2) is 0 Å². The van der Waals surface area contributed by atoms with Crippen LogP contribution >= 0.6 is 0 Å². The number of likely N-dealkylation sites (tertiary alicyclic amines) is 1. The van der Waals surface area contributed by atoms with E-state index in [9.17, 15) is 0 Å². The molecule has 1 aromatic heterocycles. The van der Waals surface area contributed by atoms with Crippen molar-refractivity contribution in [3.05, 3.63) is 12.3 Å². The Hall–Kier alpha value is -1.07. The smallest absolute Gasteiger partial charge is 0.145 e. The van der Waals surface area contributed by atoms with E-state index < -0.39 is 0 Å². The molecule has 5 nitrogen and oxygen atoms in total. The minimum Gasteiger partial charge on any atom is -0.383 e. The number of aromatic nitrogens is 2. The highest BCUT2D eigenvalue weighted by atomic mass is 16.5. The van der Waals surface area contributed by atoms with Crippen molar-refractivity contribution in [1.82, 2.24) is 14.7 Å². The van der Waals surface area contributed by atoms with Crippen molar-refractivity contribution in [2.45, 2.75) is 31.8 Å². The Bertz CT molecular complexity index is 344. The summed E-state index contributed by atoms with van der Waals surface area (Å²) in [6.07, 6.45) is 4.25. The van der Waals surface area contributed by atoms with Crippen LogP contribution in [0.5, 0.6) is 0 Å². The second-order valence-corrected chi connectivity index (χ2v) is 4.79. The minimum absolute atomic E-state index is 0.498. The molecule has 0 radical (unpaired) electrons. The Morgan fingerprint density at radius 1 is 1.53 bits per heavy atom. The van der Waals surface area contributed by atoms with Crippen molar-refractivity contribution >= 4 is 5.82 Å². The molecule has 17 heavy (non-hydrogen) atoms. The fourth-order valence-corrected chi connectivity index (χ4v) is 2.49. The zero-order chi connectivity index (χ0) is 12.3. The first-order valence-electron chi connectivity index (χ1n) is 6.24. The third kappa shape index (κ3) is 2.98. The van der Waals surface area contributed by atoms with Gasteiger partial charge in [0, 0.05) is 32.4 Å². The topological polar surface area (TPSA) is 56.3 Å². The lowest BCUT2D eigenvalue weighted by Crippen LogP contribution is -2.42. The number of methoxy groups -OCH3 is 1. The van der Waals surface area contributed by atoms with E-state index in [0.717, 1.165) is 32.5 Å². The van der Waals surface area contributed by atoms with Crippen LogP contribution in [0.2, 0.25) is 0 Å². The van der Waals surface area contributed by atoms with Crippen LogP contribution in [-0.4, -0.2) is 47.5 Å². The summed E-state index contributed by atoms with van der Waals surface area (Å²) in [5, 5.41) is 4.29. The van der Waals surface area contributed by atoms with Gasteiger partial charge >= 0.3 is 0 Å². The summed E-state index contributed by atoms with van der Waals surface area (Å²) in [5.41, 5.74) is 5.64. The summed E-state index contributed by atoms with van der Waals surface area (Å²) in [5.74, 6) is 0.611. The summed E-state index contributed by atoms with van der Waals surface area (Å²) in [4.78, 5) is 2.48. The van der Waals surface area contributed by atoms with E-state index in [4.69, 9.17) is 10.5 Å². The maximum absolute atomic E-state index is 5.64. The summed E-state index contributed by atoms with van der Waals surface area (Å²) in [6, 6.07) is 2.86. The zero-order valence-electron chi connectivity index (χ0n) is 10.7. The molecule has 0 aromatic carbocycles. The molecule has 2 heterocycles. The number of piperidine rings is 1. The largest absolute Gasteiger partial charge is 0.383 e. The SMILES string of the molecule is COCC(C)N1CCC(n2ccc(N)n2)CC1. The van der Waals surface area contributed by atoms with Crippen LogP contribution in [-0.2, 0) is 4.74 Å². The number of hydrogen-bond acceptors (Lipinski definition) is 4. The van der Waals surface area contributed by atoms with Gasteiger partial charge < -0.3 is 10.5 Å². The Balaban J connectivity index is 1.85. The summed E-state index contributed by atoms with van der Waals surface area (Å²) in [7, 11) is 1.76. The lowest BCUT2D eigenvalue weighted by Gasteiger charge is -2.35. The molecule has 1 aliphatic rings. The Morgan fingerprint density at radius 3 is 2.76 bits per heavy atom. The molecule has 5 heteroatoms. The minimum atomic E-state index is 0.498. The average Bonchev–Trinajstić information content (AvgIpc) is 2.76. The Morgan fingerprint density at radius 2 is 2.24 bits per heavy atom. The molecule has 0 saturated carbocycles. The van der Waals surface area contributed by atoms with Crippen molar-refractivity contribution < 1.29 is 4.74 Å². The normalized spacial score (nSPS) is 20.6. The third-order valence-electron chi connectivity index (χ3n) is 3.53. The second kappa shape index (κ2) is 5.51. The van der Waals surface area contributed by atoms with E-state index in [1.807, 2.05) is 16.9 Å². The predicted octanol–water partition coefficient (Wildman–Crippen LogP) is 1.14. The Kier molecular flexibility index (Phi) is 4.02. The van der Waals surface area contributed by atoms with Crippen LogP contribution in [0, 0.1) is 0 Å². The molecule has 1 aliphatic heterocycles. The first-order valence-corrected chi connectivity index (χ1v) is 6.24. The van der Waals surface area contributed by atoms with Crippen molar-refractivity contribution in [2.24, 2.45) is 0 Å². The molecule has 0 amide bonds. The Labute approximate surface area is 103 Å². The lowest BCUT2D eigenvalue weighted by molar-refractivity contribution is 0.0734. The molecular formula is C12H22N4O. The highest BCUT2D eigenvalue weighted by molar-refractivity contribution is 5.24. The fourth-order valence-electron chi connectivity index (χ4n) is 2.49. The average molecular weight is 238 g/mol. The van der Waals surface area contributed by atoms with Gasteiger partial charge in [-0.3, -0.25) is 9.58 Å². The number of rotatable bonds is 4. The van der Waals surface area contributed by atoms with Gasteiger partial charge in [0.1, 0.15) is 5.82 Å². The van der Waals surface area contributed by atoms with E-state index in [-0.39, 0.29) is 0 Å². The monoisotopic (exact) mass is 238 g/mol. The number of nitrogen functional groups attached to an aromatic ring is 1. The number of nitrogens with zero attached hydrogens (tertiary/aromatic N) is 3. The van der Waals surface area contributed by atoms with Gasteiger partial charge in [0.2, 0.25) is 0 Å². The highest BCUT2D eigenvalue weighted by Gasteiger charge is 2.23. The van der Waals surface area contributed by atoms with Gasteiger partial charge in [-0.05, 0) is 25.8 Å². The summed E-state index contributed by atoms with van der Waals surface area (Å²) >= 11 is 0. The van der Waals surface area contributed by atoms with Gasteiger partial charge in [0.15, 0.2) is 0 Å². The van der Waals surface area contributed by atoms with Crippen LogP contribution in [0.25, 0.3) is 0 Å². The molecule has 1 aromatic rings. The number of anilines is 1. The molecule has 1 atom stereocenters. The maximum atomic E-state index is 5.64. The maximum Gasteiger partial charge on any atom is 0.145 e. The van der Waals surface area contributed by atoms with Crippen molar-refractivity contribution in [3.8, 4) is 0 Å². The second-order valence-electron chi connectivity index (χ2n) is 4.79. The first-order chi connectivity index (χ1) is 8.20. The van der Waals surface area contributed by atoms with Gasteiger partial charge in [0.25, 0.3) is 0 Å². The van der Waals surface area contributed by atoms with Crippen LogP contribution < -0.4 is 5.73 Å². The fraction of sp³-hybridized carbons (Fsp3) is 0.750. The molecule has 2 rings (SSSR count). The van der Waals surface area contributed by atoms with Gasteiger partial charge in [0.05, 0.1) is 12.6 Å². The summed E-state index contributed by atoms with van der Waals surface area (Å²) < 4.78 is 7.20. The van der Waals surface area contributed by atoms with Gasteiger partial charge in [-0.1, -0.05) is 0 Å². The van der Waals surface area contributed by atoms with E-state index >= 15 is 0 Å².